The Balaban J connectivity index is 2.44. The highest BCUT2D eigenvalue weighted by Crippen LogP contribution is 2.28. The standard InChI is InChI=1S/C13H26N2O/c1-4-12(2,3)15-11(16)10-13(14)8-6-5-7-9-13/h4-10,14H2,1-3H3,(H,15,16). The fourth-order valence-electron chi connectivity index (χ4n) is 2.26. The lowest BCUT2D eigenvalue weighted by Gasteiger charge is -2.34. The summed E-state index contributed by atoms with van der Waals surface area (Å²) < 4.78 is 0. The number of amides is 1. The van der Waals surface area contributed by atoms with Gasteiger partial charge in [0.25, 0.3) is 0 Å². The topological polar surface area (TPSA) is 55.1 Å². The molecule has 1 aliphatic rings. The van der Waals surface area contributed by atoms with Gasteiger partial charge in [-0.05, 0) is 33.1 Å². The molecule has 1 fully saturated rings. The zero-order valence-electron chi connectivity index (χ0n) is 10.9. The van der Waals surface area contributed by atoms with E-state index in [0.29, 0.717) is 6.42 Å². The van der Waals surface area contributed by atoms with Crippen molar-refractivity contribution in [1.82, 2.24) is 5.32 Å². The summed E-state index contributed by atoms with van der Waals surface area (Å²) in [5, 5.41) is 3.06. The van der Waals surface area contributed by atoms with E-state index in [-0.39, 0.29) is 17.0 Å². The number of rotatable bonds is 4. The molecule has 0 radical (unpaired) electrons. The smallest absolute Gasteiger partial charge is 0.222 e. The molecule has 0 aromatic heterocycles. The molecular weight excluding hydrogens is 200 g/mol. The van der Waals surface area contributed by atoms with E-state index in [1.54, 1.807) is 0 Å². The summed E-state index contributed by atoms with van der Waals surface area (Å²) in [7, 11) is 0. The van der Waals surface area contributed by atoms with Gasteiger partial charge in [0.1, 0.15) is 0 Å². The SMILES string of the molecule is CCC(C)(C)NC(=O)CC1(N)CCCCC1. The minimum absolute atomic E-state index is 0.108. The molecule has 16 heavy (non-hydrogen) atoms. The summed E-state index contributed by atoms with van der Waals surface area (Å²) in [5.74, 6) is 0.108. The van der Waals surface area contributed by atoms with Crippen LogP contribution in [0.4, 0.5) is 0 Å². The zero-order chi connectivity index (χ0) is 12.2. The Morgan fingerprint density at radius 3 is 2.38 bits per heavy atom. The van der Waals surface area contributed by atoms with Crippen LogP contribution in [0.2, 0.25) is 0 Å². The Bertz CT molecular complexity index is 242. The molecule has 1 amide bonds. The Morgan fingerprint density at radius 1 is 1.31 bits per heavy atom. The van der Waals surface area contributed by atoms with Crippen LogP contribution < -0.4 is 11.1 Å². The highest BCUT2D eigenvalue weighted by Gasteiger charge is 2.31. The van der Waals surface area contributed by atoms with Crippen LogP contribution in [-0.2, 0) is 4.79 Å². The molecule has 0 aliphatic heterocycles. The molecule has 1 rings (SSSR count). The first kappa shape index (κ1) is 13.5. The number of hydrogen-bond donors (Lipinski definition) is 2. The van der Waals surface area contributed by atoms with Crippen molar-refractivity contribution >= 4 is 5.91 Å². The van der Waals surface area contributed by atoms with E-state index in [9.17, 15) is 4.79 Å². The molecule has 3 N–H and O–H groups in total. The van der Waals surface area contributed by atoms with Gasteiger partial charge in [-0.25, -0.2) is 0 Å². The van der Waals surface area contributed by atoms with Gasteiger partial charge in [0.05, 0.1) is 0 Å². The maximum absolute atomic E-state index is 11.9. The van der Waals surface area contributed by atoms with Crippen molar-refractivity contribution in [3.63, 3.8) is 0 Å². The minimum Gasteiger partial charge on any atom is -0.351 e. The van der Waals surface area contributed by atoms with Crippen molar-refractivity contribution in [1.29, 1.82) is 0 Å². The first-order valence-electron chi connectivity index (χ1n) is 6.47. The number of nitrogens with one attached hydrogen (secondary N) is 1. The summed E-state index contributed by atoms with van der Waals surface area (Å²) in [6.45, 7) is 6.18. The first-order valence-corrected chi connectivity index (χ1v) is 6.47. The van der Waals surface area contributed by atoms with Gasteiger partial charge in [0.15, 0.2) is 0 Å². The van der Waals surface area contributed by atoms with E-state index in [1.165, 1.54) is 19.3 Å². The molecule has 94 valence electrons. The molecule has 0 heterocycles. The number of carbonyl (C=O) groups is 1. The van der Waals surface area contributed by atoms with E-state index >= 15 is 0 Å². The van der Waals surface area contributed by atoms with Crippen molar-refractivity contribution in [2.75, 3.05) is 0 Å². The minimum atomic E-state index is -0.244. The van der Waals surface area contributed by atoms with Crippen molar-refractivity contribution in [2.45, 2.75) is 76.8 Å². The van der Waals surface area contributed by atoms with Gasteiger partial charge >= 0.3 is 0 Å². The Hall–Kier alpha value is -0.570. The van der Waals surface area contributed by atoms with Crippen molar-refractivity contribution in [3.05, 3.63) is 0 Å². The second-order valence-electron chi connectivity index (χ2n) is 5.89. The average Bonchev–Trinajstić information content (AvgIpc) is 2.17. The first-order chi connectivity index (χ1) is 7.37. The van der Waals surface area contributed by atoms with Gasteiger partial charge in [0.2, 0.25) is 5.91 Å². The lowest BCUT2D eigenvalue weighted by molar-refractivity contribution is -0.124. The van der Waals surface area contributed by atoms with E-state index in [4.69, 9.17) is 5.73 Å². The van der Waals surface area contributed by atoms with Crippen LogP contribution in [-0.4, -0.2) is 17.0 Å². The lowest BCUT2D eigenvalue weighted by atomic mass is 9.80. The van der Waals surface area contributed by atoms with Crippen LogP contribution in [0.5, 0.6) is 0 Å². The van der Waals surface area contributed by atoms with Crippen molar-refractivity contribution in [3.8, 4) is 0 Å². The predicted molar refractivity (Wildman–Crippen MR) is 67.1 cm³/mol. The monoisotopic (exact) mass is 226 g/mol. The van der Waals surface area contributed by atoms with Crippen LogP contribution in [0.1, 0.15) is 65.7 Å². The zero-order valence-corrected chi connectivity index (χ0v) is 10.9. The maximum Gasteiger partial charge on any atom is 0.222 e. The highest BCUT2D eigenvalue weighted by molar-refractivity contribution is 5.78. The molecule has 0 bridgehead atoms. The van der Waals surface area contributed by atoms with Gasteiger partial charge in [-0.3, -0.25) is 4.79 Å². The number of carbonyl (C=O) groups excluding carboxylic acids is 1. The van der Waals surface area contributed by atoms with Crippen LogP contribution in [0.3, 0.4) is 0 Å². The van der Waals surface area contributed by atoms with E-state index in [1.807, 2.05) is 0 Å². The molecule has 0 aromatic carbocycles. The van der Waals surface area contributed by atoms with Gasteiger partial charge in [-0.2, -0.15) is 0 Å². The number of nitrogens with two attached hydrogens (primary N) is 1. The third-order valence-electron chi connectivity index (χ3n) is 3.72. The molecule has 3 nitrogen and oxygen atoms in total. The maximum atomic E-state index is 11.9. The van der Waals surface area contributed by atoms with Crippen LogP contribution in [0, 0.1) is 0 Å². The van der Waals surface area contributed by atoms with Crippen molar-refractivity contribution < 1.29 is 4.79 Å². The molecule has 0 atom stereocenters. The molecule has 0 spiro atoms. The second-order valence-corrected chi connectivity index (χ2v) is 5.89. The summed E-state index contributed by atoms with van der Waals surface area (Å²) in [4.78, 5) is 11.9. The molecule has 3 heteroatoms. The lowest BCUT2D eigenvalue weighted by Crippen LogP contribution is -2.50. The molecule has 1 aliphatic carbocycles. The molecule has 0 saturated heterocycles. The largest absolute Gasteiger partial charge is 0.351 e. The number of hydrogen-bond acceptors (Lipinski definition) is 2. The Labute approximate surface area is 99.2 Å². The quantitative estimate of drug-likeness (QED) is 0.773. The van der Waals surface area contributed by atoms with Crippen molar-refractivity contribution in [2.24, 2.45) is 5.73 Å². The highest BCUT2D eigenvalue weighted by atomic mass is 16.1. The Morgan fingerprint density at radius 2 is 1.88 bits per heavy atom. The molecule has 0 aromatic rings. The van der Waals surface area contributed by atoms with Crippen LogP contribution >= 0.6 is 0 Å². The molecule has 1 saturated carbocycles. The fraction of sp³-hybridized carbons (Fsp3) is 0.923. The van der Waals surface area contributed by atoms with Gasteiger partial charge in [-0.15, -0.1) is 0 Å². The summed E-state index contributed by atoms with van der Waals surface area (Å²) in [5.41, 5.74) is 5.91. The normalized spacial score (nSPS) is 20.5. The summed E-state index contributed by atoms with van der Waals surface area (Å²) in [6, 6.07) is 0. The van der Waals surface area contributed by atoms with E-state index in [0.717, 1.165) is 19.3 Å². The third-order valence-corrected chi connectivity index (χ3v) is 3.72. The van der Waals surface area contributed by atoms with E-state index < -0.39 is 0 Å². The van der Waals surface area contributed by atoms with Gasteiger partial charge < -0.3 is 11.1 Å². The van der Waals surface area contributed by atoms with Gasteiger partial charge in [0, 0.05) is 17.5 Å². The fourth-order valence-corrected chi connectivity index (χ4v) is 2.26. The Kier molecular flexibility index (Phi) is 4.36. The molecule has 0 unspecified atom stereocenters. The second kappa shape index (κ2) is 5.17. The van der Waals surface area contributed by atoms with Crippen LogP contribution in [0.25, 0.3) is 0 Å². The summed E-state index contributed by atoms with van der Waals surface area (Å²) >= 11 is 0. The van der Waals surface area contributed by atoms with Crippen LogP contribution in [0.15, 0.2) is 0 Å². The average molecular weight is 226 g/mol. The van der Waals surface area contributed by atoms with Gasteiger partial charge in [-0.1, -0.05) is 26.2 Å². The molecular formula is C13H26N2O. The predicted octanol–water partition coefficient (Wildman–Crippen LogP) is 2.34. The third kappa shape index (κ3) is 4.12. The summed E-state index contributed by atoms with van der Waals surface area (Å²) in [6.07, 6.45) is 7.01. The van der Waals surface area contributed by atoms with E-state index in [2.05, 4.69) is 26.1 Å².